The van der Waals surface area contributed by atoms with Crippen LogP contribution in [0.2, 0.25) is 0 Å². The van der Waals surface area contributed by atoms with Crippen LogP contribution in [0.3, 0.4) is 0 Å². The number of benzene rings is 1. The van der Waals surface area contributed by atoms with Crippen LogP contribution >= 0.6 is 11.8 Å². The van der Waals surface area contributed by atoms with Gasteiger partial charge in [0, 0.05) is 38.4 Å². The maximum absolute atomic E-state index is 12.6. The number of nitrogens with zero attached hydrogens (tertiary/aromatic N) is 3. The van der Waals surface area contributed by atoms with E-state index in [-0.39, 0.29) is 18.1 Å². The second-order valence-electron chi connectivity index (χ2n) is 5.71. The Morgan fingerprint density at radius 3 is 2.72 bits per heavy atom. The highest BCUT2D eigenvalue weighted by Gasteiger charge is 2.16. The summed E-state index contributed by atoms with van der Waals surface area (Å²) in [5.74, 6) is -0.148. The number of aromatic nitrogens is 2. The van der Waals surface area contributed by atoms with Gasteiger partial charge in [-0.2, -0.15) is 0 Å². The van der Waals surface area contributed by atoms with Crippen LogP contribution in [0.4, 0.5) is 0 Å². The van der Waals surface area contributed by atoms with Gasteiger partial charge >= 0.3 is 0 Å². The summed E-state index contributed by atoms with van der Waals surface area (Å²) in [6, 6.07) is 9.73. The van der Waals surface area contributed by atoms with E-state index in [1.165, 1.54) is 11.8 Å². The van der Waals surface area contributed by atoms with Crippen molar-refractivity contribution in [2.45, 2.75) is 38.0 Å². The Bertz CT molecular complexity index is 687. The van der Waals surface area contributed by atoms with Crippen LogP contribution in [0.1, 0.15) is 25.3 Å². The molecule has 0 aliphatic rings. The fraction of sp³-hybridized carbons (Fsp3) is 0.389. The highest BCUT2D eigenvalue weighted by Crippen LogP contribution is 2.17. The first-order valence-electron chi connectivity index (χ1n) is 8.34. The third-order valence-corrected chi connectivity index (χ3v) is 4.65. The number of hydrogen-bond acceptors (Lipinski definition) is 4. The van der Waals surface area contributed by atoms with Crippen LogP contribution in [0.15, 0.2) is 47.9 Å². The number of hydrogen-bond donors (Lipinski definition) is 1. The number of amides is 2. The molecular formula is C18H24N4O2S. The van der Waals surface area contributed by atoms with E-state index in [2.05, 4.69) is 11.9 Å². The molecule has 0 atom stereocenters. The molecule has 2 aromatic rings. The van der Waals surface area contributed by atoms with Crippen molar-refractivity contribution in [3.63, 3.8) is 0 Å². The smallest absolute Gasteiger partial charge is 0.233 e. The standard InChI is InChI=1S/C18H24N4O2S/c1-2-10-21-12-9-20-18(21)25-14-17(24)22(11-8-16(19)23)13-15-6-4-3-5-7-15/h3-7,9,12H,2,8,10-11,13-14H2,1H3,(H2,19,23). The Morgan fingerprint density at radius 2 is 2.04 bits per heavy atom. The van der Waals surface area contributed by atoms with E-state index in [9.17, 15) is 9.59 Å². The molecule has 1 heterocycles. The van der Waals surface area contributed by atoms with Gasteiger partial charge < -0.3 is 15.2 Å². The molecule has 0 bridgehead atoms. The van der Waals surface area contributed by atoms with Crippen molar-refractivity contribution in [2.24, 2.45) is 5.73 Å². The maximum atomic E-state index is 12.6. The molecule has 7 heteroatoms. The average Bonchev–Trinajstić information content (AvgIpc) is 3.05. The Balaban J connectivity index is 1.98. The number of thioether (sulfide) groups is 1. The van der Waals surface area contributed by atoms with Crippen LogP contribution < -0.4 is 5.73 Å². The van der Waals surface area contributed by atoms with E-state index >= 15 is 0 Å². The number of carbonyl (C=O) groups excluding carboxylic acids is 2. The number of nitrogens with two attached hydrogens (primary N) is 1. The number of rotatable bonds is 10. The molecule has 0 aliphatic heterocycles. The molecule has 0 aliphatic carbocycles. The Kier molecular flexibility index (Phi) is 7.53. The number of carbonyl (C=O) groups is 2. The zero-order valence-corrected chi connectivity index (χ0v) is 15.2. The Morgan fingerprint density at radius 1 is 1.28 bits per heavy atom. The lowest BCUT2D eigenvalue weighted by Crippen LogP contribution is -2.34. The molecule has 0 unspecified atom stereocenters. The van der Waals surface area contributed by atoms with Crippen molar-refractivity contribution in [2.75, 3.05) is 12.3 Å². The summed E-state index contributed by atoms with van der Waals surface area (Å²) in [5, 5.41) is 0.838. The minimum absolute atomic E-state index is 0.0267. The zero-order valence-electron chi connectivity index (χ0n) is 14.4. The van der Waals surface area contributed by atoms with Gasteiger partial charge in [-0.05, 0) is 12.0 Å². The van der Waals surface area contributed by atoms with Crippen LogP contribution in [0.25, 0.3) is 0 Å². The van der Waals surface area contributed by atoms with Gasteiger partial charge in [-0.3, -0.25) is 9.59 Å². The summed E-state index contributed by atoms with van der Waals surface area (Å²) >= 11 is 1.42. The number of imidazole rings is 1. The second kappa shape index (κ2) is 9.88. The SMILES string of the molecule is CCCn1ccnc1SCC(=O)N(CCC(N)=O)Cc1ccccc1. The largest absolute Gasteiger partial charge is 0.370 e. The van der Waals surface area contributed by atoms with E-state index in [0.29, 0.717) is 13.1 Å². The third kappa shape index (κ3) is 6.26. The molecule has 0 radical (unpaired) electrons. The van der Waals surface area contributed by atoms with E-state index < -0.39 is 5.91 Å². The molecule has 0 fully saturated rings. The van der Waals surface area contributed by atoms with Crippen molar-refractivity contribution < 1.29 is 9.59 Å². The van der Waals surface area contributed by atoms with Crippen molar-refractivity contribution >= 4 is 23.6 Å². The summed E-state index contributed by atoms with van der Waals surface area (Å²) in [7, 11) is 0. The van der Waals surface area contributed by atoms with E-state index in [1.807, 2.05) is 41.1 Å². The average molecular weight is 360 g/mol. The summed E-state index contributed by atoms with van der Waals surface area (Å²) in [5.41, 5.74) is 6.27. The summed E-state index contributed by atoms with van der Waals surface area (Å²) < 4.78 is 2.04. The first kappa shape index (κ1) is 19.1. The van der Waals surface area contributed by atoms with Crippen LogP contribution in [-0.4, -0.2) is 38.6 Å². The van der Waals surface area contributed by atoms with Gasteiger partial charge in [0.25, 0.3) is 0 Å². The molecule has 25 heavy (non-hydrogen) atoms. The molecule has 0 saturated carbocycles. The van der Waals surface area contributed by atoms with Gasteiger partial charge in [-0.25, -0.2) is 4.98 Å². The van der Waals surface area contributed by atoms with E-state index in [0.717, 1.165) is 23.7 Å². The first-order valence-corrected chi connectivity index (χ1v) is 9.32. The summed E-state index contributed by atoms with van der Waals surface area (Å²) in [6.45, 7) is 3.78. The maximum Gasteiger partial charge on any atom is 0.233 e. The summed E-state index contributed by atoms with van der Waals surface area (Å²) in [6.07, 6.45) is 4.84. The van der Waals surface area contributed by atoms with Crippen molar-refractivity contribution in [1.82, 2.24) is 14.5 Å². The second-order valence-corrected chi connectivity index (χ2v) is 6.65. The van der Waals surface area contributed by atoms with Crippen molar-refractivity contribution in [3.05, 3.63) is 48.3 Å². The van der Waals surface area contributed by atoms with Gasteiger partial charge in [0.15, 0.2) is 5.16 Å². The quantitative estimate of drug-likeness (QED) is 0.659. The molecule has 1 aromatic heterocycles. The topological polar surface area (TPSA) is 81.2 Å². The molecule has 0 saturated heterocycles. The zero-order chi connectivity index (χ0) is 18.1. The lowest BCUT2D eigenvalue weighted by molar-refractivity contribution is -0.129. The van der Waals surface area contributed by atoms with Gasteiger partial charge in [0.2, 0.25) is 11.8 Å². The molecule has 2 rings (SSSR count). The van der Waals surface area contributed by atoms with Crippen LogP contribution in [0.5, 0.6) is 0 Å². The molecule has 2 amide bonds. The molecule has 134 valence electrons. The summed E-state index contributed by atoms with van der Waals surface area (Å²) in [4.78, 5) is 29.7. The van der Waals surface area contributed by atoms with Crippen LogP contribution in [-0.2, 0) is 22.7 Å². The fourth-order valence-corrected chi connectivity index (χ4v) is 3.29. The minimum Gasteiger partial charge on any atom is -0.370 e. The van der Waals surface area contributed by atoms with Gasteiger partial charge in [0.05, 0.1) is 5.75 Å². The van der Waals surface area contributed by atoms with Crippen molar-refractivity contribution in [3.8, 4) is 0 Å². The first-order chi connectivity index (χ1) is 12.1. The number of primary amides is 1. The molecule has 6 nitrogen and oxygen atoms in total. The minimum atomic E-state index is -0.406. The predicted molar refractivity (Wildman–Crippen MR) is 98.9 cm³/mol. The van der Waals surface area contributed by atoms with E-state index in [1.54, 1.807) is 11.1 Å². The molecule has 1 aromatic carbocycles. The van der Waals surface area contributed by atoms with Gasteiger partial charge in [-0.15, -0.1) is 0 Å². The highest BCUT2D eigenvalue weighted by atomic mass is 32.2. The van der Waals surface area contributed by atoms with Gasteiger partial charge in [-0.1, -0.05) is 49.0 Å². The fourth-order valence-electron chi connectivity index (χ4n) is 2.41. The normalized spacial score (nSPS) is 10.6. The lowest BCUT2D eigenvalue weighted by atomic mass is 10.2. The number of aryl methyl sites for hydroxylation is 1. The van der Waals surface area contributed by atoms with Gasteiger partial charge in [0.1, 0.15) is 0 Å². The molecule has 0 spiro atoms. The van der Waals surface area contributed by atoms with Crippen molar-refractivity contribution in [1.29, 1.82) is 0 Å². The van der Waals surface area contributed by atoms with E-state index in [4.69, 9.17) is 5.73 Å². The Labute approximate surface area is 152 Å². The molecular weight excluding hydrogens is 336 g/mol. The monoisotopic (exact) mass is 360 g/mol. The lowest BCUT2D eigenvalue weighted by Gasteiger charge is -2.22. The molecule has 2 N–H and O–H groups in total. The predicted octanol–water partition coefficient (Wildman–Crippen LogP) is 2.29. The highest BCUT2D eigenvalue weighted by molar-refractivity contribution is 7.99. The third-order valence-electron chi connectivity index (χ3n) is 3.66. The van der Waals surface area contributed by atoms with Crippen LogP contribution in [0, 0.1) is 0 Å². The Hall–Kier alpha value is -2.28.